The maximum absolute atomic E-state index is 13.8. The van der Waals surface area contributed by atoms with Crippen molar-refractivity contribution in [3.05, 3.63) is 87.2 Å². The fourth-order valence-electron chi connectivity index (χ4n) is 4.29. The van der Waals surface area contributed by atoms with Crippen LogP contribution in [-0.2, 0) is 5.54 Å². The van der Waals surface area contributed by atoms with Crippen LogP contribution in [0.15, 0.2) is 60.1 Å². The Morgan fingerprint density at radius 1 is 1.11 bits per heavy atom. The summed E-state index contributed by atoms with van der Waals surface area (Å²) in [7, 11) is 2.97. The van der Waals surface area contributed by atoms with Crippen LogP contribution in [0.4, 0.5) is 8.78 Å². The van der Waals surface area contributed by atoms with E-state index in [2.05, 4.69) is 4.98 Å². The number of rotatable bonds is 9. The van der Waals surface area contributed by atoms with Crippen LogP contribution in [0.3, 0.4) is 0 Å². The molecule has 2 aromatic heterocycles. The summed E-state index contributed by atoms with van der Waals surface area (Å²) in [5, 5.41) is 2.49. The Labute approximate surface area is 226 Å². The highest BCUT2D eigenvalue weighted by atomic mass is 35.5. The molecule has 1 amide bonds. The number of ether oxygens (including phenoxy) is 3. The smallest absolute Gasteiger partial charge is 0.255 e. The number of hydrogen-bond donors (Lipinski definition) is 0. The van der Waals surface area contributed by atoms with Gasteiger partial charge in [0.1, 0.15) is 35.5 Å². The van der Waals surface area contributed by atoms with E-state index in [-0.39, 0.29) is 17.5 Å². The zero-order chi connectivity index (χ0) is 26.9. The van der Waals surface area contributed by atoms with Gasteiger partial charge in [0, 0.05) is 22.7 Å². The molecule has 7 nitrogen and oxygen atoms in total. The summed E-state index contributed by atoms with van der Waals surface area (Å²) in [5.74, 6) is 0.333. The third kappa shape index (κ3) is 4.54. The number of aromatic nitrogens is 2. The van der Waals surface area contributed by atoms with Crippen LogP contribution < -0.4 is 14.2 Å². The van der Waals surface area contributed by atoms with Gasteiger partial charge < -0.3 is 19.1 Å². The summed E-state index contributed by atoms with van der Waals surface area (Å²) < 4.78 is 42.6. The van der Waals surface area contributed by atoms with Crippen molar-refractivity contribution < 1.29 is 27.8 Å². The van der Waals surface area contributed by atoms with E-state index in [9.17, 15) is 13.6 Å². The van der Waals surface area contributed by atoms with Gasteiger partial charge in [-0.1, -0.05) is 11.6 Å². The predicted octanol–water partition coefficient (Wildman–Crippen LogP) is 5.76. The van der Waals surface area contributed by atoms with Crippen LogP contribution in [0, 0.1) is 5.82 Å². The topological polar surface area (TPSA) is 73.6 Å². The van der Waals surface area contributed by atoms with Crippen molar-refractivity contribution in [2.45, 2.75) is 5.54 Å². The first-order chi connectivity index (χ1) is 18.4. The van der Waals surface area contributed by atoms with Crippen LogP contribution >= 0.6 is 22.9 Å². The summed E-state index contributed by atoms with van der Waals surface area (Å²) >= 11 is 7.45. The van der Waals surface area contributed by atoms with Crippen molar-refractivity contribution in [3.63, 3.8) is 0 Å². The van der Waals surface area contributed by atoms with Crippen LogP contribution in [0.5, 0.6) is 17.2 Å². The molecular weight excluding hydrogens is 536 g/mol. The van der Waals surface area contributed by atoms with Gasteiger partial charge in [-0.25, -0.2) is 18.7 Å². The number of halogens is 3. The van der Waals surface area contributed by atoms with E-state index in [0.29, 0.717) is 51.3 Å². The fraction of sp³-hybridized carbons (Fsp3) is 0.222. The number of amides is 1. The number of carbonyl (C=O) groups is 1. The maximum Gasteiger partial charge on any atom is 0.255 e. The molecule has 0 N–H and O–H groups in total. The van der Waals surface area contributed by atoms with Gasteiger partial charge in [-0.3, -0.25) is 4.79 Å². The zero-order valence-corrected chi connectivity index (χ0v) is 22.0. The Hall–Kier alpha value is -3.76. The molecule has 196 valence electrons. The second kappa shape index (κ2) is 10.5. The van der Waals surface area contributed by atoms with E-state index in [1.165, 1.54) is 37.7 Å². The molecule has 1 aliphatic heterocycles. The second-order valence-electron chi connectivity index (χ2n) is 8.37. The molecule has 1 saturated heterocycles. The number of hydrogen-bond acceptors (Lipinski definition) is 7. The summed E-state index contributed by atoms with van der Waals surface area (Å²) in [6.07, 6.45) is 1.67. The molecule has 3 heterocycles. The molecule has 1 unspecified atom stereocenters. The Balaban J connectivity index is 1.55. The van der Waals surface area contributed by atoms with Crippen molar-refractivity contribution in [2.24, 2.45) is 0 Å². The Morgan fingerprint density at radius 3 is 2.58 bits per heavy atom. The van der Waals surface area contributed by atoms with Gasteiger partial charge in [-0.05, 0) is 48.5 Å². The third-order valence-corrected chi connectivity index (χ3v) is 7.43. The number of thiazole rings is 1. The molecule has 11 heteroatoms. The van der Waals surface area contributed by atoms with Crippen molar-refractivity contribution in [1.82, 2.24) is 14.9 Å². The minimum absolute atomic E-state index is 0.0393. The number of nitrogens with zero attached hydrogens (tertiary/aromatic N) is 3. The SMILES string of the molecule is COc1cc(C(=O)N2CC2(c2ccc(OC)c(-c3ccc(F)c(Cl)c3)n2)c2nccs2)ccc1OCCF. The number of benzene rings is 2. The highest BCUT2D eigenvalue weighted by molar-refractivity contribution is 7.09. The average Bonchev–Trinajstić information content (AvgIpc) is 3.45. The first kappa shape index (κ1) is 25.9. The van der Waals surface area contributed by atoms with Gasteiger partial charge in [0.15, 0.2) is 17.0 Å². The summed E-state index contributed by atoms with van der Waals surface area (Å²) in [4.78, 5) is 24.7. The maximum atomic E-state index is 13.8. The Morgan fingerprint density at radius 2 is 1.89 bits per heavy atom. The van der Waals surface area contributed by atoms with Crippen molar-refractivity contribution in [2.75, 3.05) is 34.0 Å². The highest BCUT2D eigenvalue weighted by Gasteiger charge is 2.61. The molecule has 38 heavy (non-hydrogen) atoms. The lowest BCUT2D eigenvalue weighted by Crippen LogP contribution is -2.24. The molecule has 1 fully saturated rings. The predicted molar refractivity (Wildman–Crippen MR) is 140 cm³/mol. The summed E-state index contributed by atoms with van der Waals surface area (Å²) in [6.45, 7) is -0.423. The molecule has 0 radical (unpaired) electrons. The first-order valence-electron chi connectivity index (χ1n) is 11.5. The van der Waals surface area contributed by atoms with Crippen LogP contribution in [0.2, 0.25) is 5.02 Å². The van der Waals surface area contributed by atoms with Gasteiger partial charge in [-0.2, -0.15) is 0 Å². The standard InChI is InChI=1S/C27H22ClF2N3O4S/c1-35-21-7-8-23(32-24(21)16-3-5-19(30)18(28)13-16)27(26-31-10-12-38-26)15-33(27)25(34)17-4-6-20(37-11-9-29)22(14-17)36-2/h3-8,10,12-14H,9,11,15H2,1-2H3. The fourth-order valence-corrected chi connectivity index (χ4v) is 5.32. The molecule has 5 rings (SSSR count). The second-order valence-corrected chi connectivity index (χ2v) is 9.67. The molecule has 2 aromatic carbocycles. The Bertz CT molecular complexity index is 1490. The lowest BCUT2D eigenvalue weighted by Gasteiger charge is -2.18. The molecule has 0 aliphatic carbocycles. The van der Waals surface area contributed by atoms with Gasteiger partial charge in [0.2, 0.25) is 0 Å². The number of alkyl halides is 1. The molecule has 0 bridgehead atoms. The van der Waals surface area contributed by atoms with Crippen LogP contribution in [0.25, 0.3) is 11.3 Å². The van der Waals surface area contributed by atoms with E-state index in [1.54, 1.807) is 47.5 Å². The van der Waals surface area contributed by atoms with Gasteiger partial charge in [0.25, 0.3) is 5.91 Å². The Kier molecular flexibility index (Phi) is 7.18. The average molecular weight is 558 g/mol. The number of pyridine rings is 1. The lowest BCUT2D eigenvalue weighted by molar-refractivity contribution is 0.0859. The first-order valence-corrected chi connectivity index (χ1v) is 12.8. The van der Waals surface area contributed by atoms with E-state index in [1.807, 2.05) is 5.38 Å². The number of carbonyl (C=O) groups excluding carboxylic acids is 1. The van der Waals surface area contributed by atoms with Crippen LogP contribution in [0.1, 0.15) is 21.1 Å². The zero-order valence-electron chi connectivity index (χ0n) is 20.4. The van der Waals surface area contributed by atoms with Gasteiger partial charge in [0.05, 0.1) is 31.5 Å². The lowest BCUT2D eigenvalue weighted by atomic mass is 10.0. The molecular formula is C27H22ClF2N3O4S. The normalized spacial score (nSPS) is 16.3. The van der Waals surface area contributed by atoms with Crippen LogP contribution in [-0.4, -0.2) is 54.8 Å². The van der Waals surface area contributed by atoms with Gasteiger partial charge in [-0.15, -0.1) is 11.3 Å². The quantitative estimate of drug-likeness (QED) is 0.244. The minimum atomic E-state index is -0.910. The third-order valence-electron chi connectivity index (χ3n) is 6.22. The molecule has 0 saturated carbocycles. The summed E-state index contributed by atoms with van der Waals surface area (Å²) in [6, 6.07) is 12.6. The highest BCUT2D eigenvalue weighted by Crippen LogP contribution is 2.50. The van der Waals surface area contributed by atoms with Gasteiger partial charge >= 0.3 is 0 Å². The molecule has 1 aliphatic rings. The monoisotopic (exact) mass is 557 g/mol. The molecule has 1 atom stereocenters. The van der Waals surface area contributed by atoms with E-state index in [4.69, 9.17) is 30.8 Å². The summed E-state index contributed by atoms with van der Waals surface area (Å²) in [5.41, 5.74) is 1.06. The minimum Gasteiger partial charge on any atom is -0.494 e. The number of methoxy groups -OCH3 is 2. The van der Waals surface area contributed by atoms with E-state index in [0.717, 1.165) is 0 Å². The largest absolute Gasteiger partial charge is 0.494 e. The van der Waals surface area contributed by atoms with Crippen molar-refractivity contribution >= 4 is 28.8 Å². The van der Waals surface area contributed by atoms with Crippen molar-refractivity contribution in [3.8, 4) is 28.5 Å². The molecule has 4 aromatic rings. The van der Waals surface area contributed by atoms with E-state index < -0.39 is 18.0 Å². The van der Waals surface area contributed by atoms with Crippen molar-refractivity contribution in [1.29, 1.82) is 0 Å². The molecule has 0 spiro atoms. The van der Waals surface area contributed by atoms with E-state index >= 15 is 0 Å².